The summed E-state index contributed by atoms with van der Waals surface area (Å²) in [6.45, 7) is 14.9. The minimum atomic E-state index is 0. The van der Waals surface area contributed by atoms with Gasteiger partial charge >= 0.3 is 0 Å². The van der Waals surface area contributed by atoms with Crippen LogP contribution in [0.3, 0.4) is 0 Å². The molecule has 46 heavy (non-hydrogen) atoms. The zero-order valence-electron chi connectivity index (χ0n) is 28.2. The van der Waals surface area contributed by atoms with Crippen molar-refractivity contribution < 1.29 is 30.0 Å². The number of rotatable bonds is 8. The molecule has 6 rings (SSSR count). The third-order valence-electron chi connectivity index (χ3n) is 9.76. The van der Waals surface area contributed by atoms with Gasteiger partial charge < -0.3 is 10.1 Å². The van der Waals surface area contributed by atoms with Crippen LogP contribution < -0.4 is 0 Å². The van der Waals surface area contributed by atoms with E-state index in [4.69, 9.17) is 4.98 Å². The number of pyridine rings is 1. The van der Waals surface area contributed by atoms with Crippen molar-refractivity contribution in [2.75, 3.05) is 0 Å². The summed E-state index contributed by atoms with van der Waals surface area (Å²) < 4.78 is 0. The number of hydrogen-bond donors (Lipinski definition) is 1. The second-order valence-corrected chi connectivity index (χ2v) is 12.9. The van der Waals surface area contributed by atoms with Gasteiger partial charge in [-0.1, -0.05) is 84.9 Å². The summed E-state index contributed by atoms with van der Waals surface area (Å²) in [6, 6.07) is 29.8. The van der Waals surface area contributed by atoms with Gasteiger partial charge in [-0.05, 0) is 93.4 Å². The van der Waals surface area contributed by atoms with Gasteiger partial charge in [-0.2, -0.15) is 0 Å². The van der Waals surface area contributed by atoms with E-state index in [0.717, 1.165) is 36.9 Å². The smallest absolute Gasteiger partial charge is 0.162 e. The summed E-state index contributed by atoms with van der Waals surface area (Å²) in [6.07, 6.45) is 6.84. The Morgan fingerprint density at radius 3 is 2.20 bits per heavy atom. The van der Waals surface area contributed by atoms with Gasteiger partial charge in [0.2, 0.25) is 0 Å². The molecule has 0 aliphatic heterocycles. The average molecular weight is 789 g/mol. The number of aryl methyl sites for hydroxylation is 1. The van der Waals surface area contributed by atoms with E-state index in [1.165, 1.54) is 55.4 Å². The maximum atomic E-state index is 11.7. The SMILES string of the molecule is CCC(CC)C(=O)/C=C(\O)C(CC)CC.Cc1cc[c-]c(-c2nccc3c2ccc2cc4c(cc23)C(C)(C)c2ccccc2-4)c1.[Ir]. The fourth-order valence-corrected chi connectivity index (χ4v) is 6.90. The van der Waals surface area contributed by atoms with Crippen molar-refractivity contribution in [2.45, 2.75) is 79.6 Å². The summed E-state index contributed by atoms with van der Waals surface area (Å²) in [4.78, 5) is 16.4. The Balaban J connectivity index is 0.000000259. The monoisotopic (exact) mass is 789 g/mol. The molecule has 3 nitrogen and oxygen atoms in total. The zero-order chi connectivity index (χ0) is 32.3. The topological polar surface area (TPSA) is 50.2 Å². The molecule has 1 aromatic heterocycles. The molecule has 1 radical (unpaired) electrons. The van der Waals surface area contributed by atoms with E-state index < -0.39 is 0 Å². The van der Waals surface area contributed by atoms with Crippen molar-refractivity contribution in [3.8, 4) is 22.4 Å². The van der Waals surface area contributed by atoms with E-state index in [9.17, 15) is 9.90 Å². The molecular weight excluding hydrogens is 743 g/mol. The maximum absolute atomic E-state index is 11.7. The van der Waals surface area contributed by atoms with Crippen LogP contribution in [0.2, 0.25) is 0 Å². The molecule has 0 saturated carbocycles. The summed E-state index contributed by atoms with van der Waals surface area (Å²) >= 11 is 0. The van der Waals surface area contributed by atoms with E-state index in [-0.39, 0.29) is 48.9 Å². The average Bonchev–Trinajstić information content (AvgIpc) is 3.27. The Morgan fingerprint density at radius 1 is 0.826 bits per heavy atom. The fourth-order valence-electron chi connectivity index (χ4n) is 6.90. The Hall–Kier alpha value is -3.59. The van der Waals surface area contributed by atoms with Gasteiger partial charge in [-0.15, -0.1) is 35.4 Å². The van der Waals surface area contributed by atoms with Crippen LogP contribution in [0, 0.1) is 24.8 Å². The molecule has 0 saturated heterocycles. The number of aliphatic hydroxyl groups is 1. The molecule has 1 aliphatic carbocycles. The first-order valence-corrected chi connectivity index (χ1v) is 16.5. The van der Waals surface area contributed by atoms with Crippen LogP contribution in [-0.2, 0) is 30.3 Å². The van der Waals surface area contributed by atoms with Crippen LogP contribution in [0.1, 0.15) is 83.9 Å². The second-order valence-electron chi connectivity index (χ2n) is 12.9. The molecule has 0 fully saturated rings. The fraction of sp³-hybridized carbons (Fsp3) is 0.333. The normalized spacial score (nSPS) is 13.3. The Bertz CT molecular complexity index is 1880. The number of nitrogens with zero attached hydrogens (tertiary/aromatic N) is 1. The van der Waals surface area contributed by atoms with Gasteiger partial charge in [0.1, 0.15) is 0 Å². The summed E-state index contributed by atoms with van der Waals surface area (Å²) in [5.41, 5.74) is 8.83. The van der Waals surface area contributed by atoms with Gasteiger partial charge in [0.15, 0.2) is 5.78 Å². The maximum Gasteiger partial charge on any atom is 0.162 e. The molecule has 0 atom stereocenters. The molecular formula is C42H46IrNO2-. The second kappa shape index (κ2) is 14.9. The number of allylic oxidation sites excluding steroid dienone is 2. The summed E-state index contributed by atoms with van der Waals surface area (Å²) in [5.74, 6) is 0.547. The number of aromatic nitrogens is 1. The van der Waals surface area contributed by atoms with Crippen LogP contribution in [0.25, 0.3) is 43.9 Å². The minimum Gasteiger partial charge on any atom is -0.512 e. The van der Waals surface area contributed by atoms with Crippen LogP contribution in [0.4, 0.5) is 0 Å². The quantitative estimate of drug-likeness (QED) is 0.0737. The van der Waals surface area contributed by atoms with Crippen molar-refractivity contribution in [3.63, 3.8) is 0 Å². The zero-order valence-corrected chi connectivity index (χ0v) is 30.6. The molecule has 4 aromatic carbocycles. The predicted molar refractivity (Wildman–Crippen MR) is 190 cm³/mol. The predicted octanol–water partition coefficient (Wildman–Crippen LogP) is 11.3. The van der Waals surface area contributed by atoms with Crippen LogP contribution >= 0.6 is 0 Å². The molecule has 0 unspecified atom stereocenters. The van der Waals surface area contributed by atoms with Gasteiger partial charge in [0.25, 0.3) is 0 Å². The molecule has 1 aliphatic rings. The Kier molecular flexibility index (Phi) is 11.4. The Morgan fingerprint density at radius 2 is 1.52 bits per heavy atom. The van der Waals surface area contributed by atoms with Crippen molar-refractivity contribution in [1.82, 2.24) is 4.98 Å². The molecule has 1 N–H and O–H groups in total. The first-order valence-electron chi connectivity index (χ1n) is 16.5. The standard InChI is InChI=1S/C29H22N.C13H24O2.Ir/c1-18-7-6-8-20(15-18)28-23-12-11-19-16-25-22-9-4-5-10-26(22)29(2,3)27(25)17-24(19)21(23)13-14-30-28;1-5-10(6-2)12(14)9-13(15)11(7-3)8-4;/h4-7,9-17H,1-3H3;9-11,14H,5-8H2,1-4H3;/q-1;;/b;12-9-;. The van der Waals surface area contributed by atoms with Crippen LogP contribution in [0.5, 0.6) is 0 Å². The molecule has 0 bridgehead atoms. The molecule has 4 heteroatoms. The number of hydrogen-bond acceptors (Lipinski definition) is 3. The Labute approximate surface area is 288 Å². The largest absolute Gasteiger partial charge is 0.512 e. The number of carbonyl (C=O) groups is 1. The van der Waals surface area contributed by atoms with E-state index >= 15 is 0 Å². The molecule has 1 heterocycles. The third kappa shape index (κ3) is 6.75. The van der Waals surface area contributed by atoms with Crippen LogP contribution in [0.15, 0.2) is 90.8 Å². The molecule has 0 spiro atoms. The number of carbonyl (C=O) groups excluding carboxylic acids is 1. The minimum absolute atomic E-state index is 0. The van der Waals surface area contributed by atoms with Gasteiger partial charge in [0, 0.05) is 49.6 Å². The summed E-state index contributed by atoms with van der Waals surface area (Å²) in [5, 5.41) is 14.8. The van der Waals surface area contributed by atoms with E-state index in [1.807, 2.05) is 40.0 Å². The van der Waals surface area contributed by atoms with Gasteiger partial charge in [-0.3, -0.25) is 4.79 Å². The summed E-state index contributed by atoms with van der Waals surface area (Å²) in [7, 11) is 0. The number of ketones is 1. The first-order chi connectivity index (χ1) is 21.6. The number of aliphatic hydroxyl groups excluding tert-OH is 1. The van der Waals surface area contributed by atoms with Crippen molar-refractivity contribution in [3.05, 3.63) is 114 Å². The van der Waals surface area contributed by atoms with Crippen molar-refractivity contribution in [2.24, 2.45) is 11.8 Å². The van der Waals surface area contributed by atoms with E-state index in [1.54, 1.807) is 0 Å². The first kappa shape index (κ1) is 35.3. The number of benzene rings is 4. The van der Waals surface area contributed by atoms with Gasteiger partial charge in [0.05, 0.1) is 5.76 Å². The van der Waals surface area contributed by atoms with Crippen molar-refractivity contribution in [1.29, 1.82) is 0 Å². The third-order valence-corrected chi connectivity index (χ3v) is 9.76. The van der Waals surface area contributed by atoms with Crippen LogP contribution in [-0.4, -0.2) is 15.9 Å². The molecule has 0 amide bonds. The number of fused-ring (bicyclic) bond motifs is 6. The molecule has 241 valence electrons. The van der Waals surface area contributed by atoms with E-state index in [0.29, 0.717) is 0 Å². The van der Waals surface area contributed by atoms with E-state index in [2.05, 4.69) is 93.6 Å². The van der Waals surface area contributed by atoms with Crippen molar-refractivity contribution >= 4 is 27.3 Å². The molecule has 5 aromatic rings. The van der Waals surface area contributed by atoms with Gasteiger partial charge in [-0.25, -0.2) is 0 Å².